The van der Waals surface area contributed by atoms with Gasteiger partial charge in [0.2, 0.25) is 0 Å². The molecule has 5 nitrogen and oxygen atoms in total. The molecule has 17 heavy (non-hydrogen) atoms. The Balaban J connectivity index is 2.57. The van der Waals surface area contributed by atoms with Gasteiger partial charge in [-0.05, 0) is 33.2 Å². The number of esters is 1. The van der Waals surface area contributed by atoms with Crippen LogP contribution in [-0.2, 0) is 14.3 Å². The summed E-state index contributed by atoms with van der Waals surface area (Å²) in [6.45, 7) is 2.79. The quantitative estimate of drug-likeness (QED) is 0.708. The normalized spacial score (nSPS) is 30.6. The van der Waals surface area contributed by atoms with E-state index >= 15 is 0 Å². The van der Waals surface area contributed by atoms with Gasteiger partial charge in [0.15, 0.2) is 0 Å². The maximum absolute atomic E-state index is 11.6. The largest absolute Gasteiger partial charge is 0.468 e. The third kappa shape index (κ3) is 3.18. The Morgan fingerprint density at radius 1 is 1.59 bits per heavy atom. The Hall–Kier alpha value is -0.650. The van der Waals surface area contributed by atoms with E-state index in [2.05, 4.69) is 18.9 Å². The van der Waals surface area contributed by atoms with E-state index in [1.54, 1.807) is 7.11 Å². The Morgan fingerprint density at radius 3 is 2.76 bits per heavy atom. The first-order valence-electron chi connectivity index (χ1n) is 6.02. The van der Waals surface area contributed by atoms with Gasteiger partial charge in [-0.3, -0.25) is 9.69 Å². The molecule has 1 aliphatic carbocycles. The summed E-state index contributed by atoms with van der Waals surface area (Å²) in [6.07, 6.45) is 2.27. The molecule has 0 bridgehead atoms. The van der Waals surface area contributed by atoms with Crippen LogP contribution in [0.5, 0.6) is 0 Å². The summed E-state index contributed by atoms with van der Waals surface area (Å²) < 4.78 is 9.91. The molecule has 1 rings (SSSR count). The van der Waals surface area contributed by atoms with Crippen LogP contribution in [0.25, 0.3) is 0 Å². The van der Waals surface area contributed by atoms with E-state index in [4.69, 9.17) is 15.2 Å². The fourth-order valence-corrected chi connectivity index (χ4v) is 2.50. The minimum atomic E-state index is -0.805. The number of carbonyl (C=O) groups is 1. The number of rotatable bonds is 5. The molecule has 0 amide bonds. The number of ether oxygens (including phenoxy) is 2. The molecule has 0 aromatic heterocycles. The molecule has 0 spiro atoms. The zero-order valence-corrected chi connectivity index (χ0v) is 11.2. The minimum Gasteiger partial charge on any atom is -0.468 e. The molecule has 3 atom stereocenters. The Bertz CT molecular complexity index is 272. The monoisotopic (exact) mass is 244 g/mol. The second-order valence-corrected chi connectivity index (χ2v) is 5.01. The standard InChI is InChI=1S/C12H24N2O3/c1-9(8-16-3)14(2)10-5-6-12(13,7-10)11(15)17-4/h9-10H,5-8,13H2,1-4H3. The van der Waals surface area contributed by atoms with Crippen molar-refractivity contribution in [3.63, 3.8) is 0 Å². The smallest absolute Gasteiger partial charge is 0.325 e. The number of nitrogens with zero attached hydrogens (tertiary/aromatic N) is 1. The number of carbonyl (C=O) groups excluding carboxylic acids is 1. The van der Waals surface area contributed by atoms with Gasteiger partial charge in [0.05, 0.1) is 13.7 Å². The van der Waals surface area contributed by atoms with Gasteiger partial charge in [-0.1, -0.05) is 0 Å². The molecule has 0 saturated heterocycles. The average Bonchev–Trinajstić information content (AvgIpc) is 2.71. The van der Waals surface area contributed by atoms with Gasteiger partial charge in [0.1, 0.15) is 5.54 Å². The molecule has 3 unspecified atom stereocenters. The summed E-state index contributed by atoms with van der Waals surface area (Å²) >= 11 is 0. The molecule has 1 fully saturated rings. The zero-order valence-electron chi connectivity index (χ0n) is 11.2. The summed E-state index contributed by atoms with van der Waals surface area (Å²) in [5.74, 6) is -0.298. The fourth-order valence-electron chi connectivity index (χ4n) is 2.50. The predicted octanol–water partition coefficient (Wildman–Crippen LogP) is 0.376. The lowest BCUT2D eigenvalue weighted by Crippen LogP contribution is -2.48. The lowest BCUT2D eigenvalue weighted by Gasteiger charge is -2.31. The highest BCUT2D eigenvalue weighted by molar-refractivity contribution is 5.81. The molecule has 0 aromatic rings. The maximum Gasteiger partial charge on any atom is 0.325 e. The van der Waals surface area contributed by atoms with E-state index in [1.807, 2.05) is 0 Å². The van der Waals surface area contributed by atoms with Gasteiger partial charge in [0.25, 0.3) is 0 Å². The molecular weight excluding hydrogens is 220 g/mol. The lowest BCUT2D eigenvalue weighted by atomic mass is 9.99. The Labute approximate surface area is 103 Å². The van der Waals surface area contributed by atoms with Crippen LogP contribution in [0, 0.1) is 0 Å². The number of methoxy groups -OCH3 is 2. The first-order chi connectivity index (χ1) is 7.94. The van der Waals surface area contributed by atoms with Crippen LogP contribution < -0.4 is 5.73 Å². The SMILES string of the molecule is COCC(C)N(C)C1CCC(N)(C(=O)OC)C1. The highest BCUT2D eigenvalue weighted by Gasteiger charge is 2.44. The molecule has 5 heteroatoms. The second-order valence-electron chi connectivity index (χ2n) is 5.01. The van der Waals surface area contributed by atoms with Crippen molar-refractivity contribution >= 4 is 5.97 Å². The first-order valence-corrected chi connectivity index (χ1v) is 6.02. The minimum absolute atomic E-state index is 0.298. The third-order valence-corrected chi connectivity index (χ3v) is 3.79. The van der Waals surface area contributed by atoms with Crippen molar-refractivity contribution in [1.82, 2.24) is 4.90 Å². The molecule has 2 N–H and O–H groups in total. The number of nitrogens with two attached hydrogens (primary N) is 1. The molecule has 0 aromatic carbocycles. The maximum atomic E-state index is 11.6. The summed E-state index contributed by atoms with van der Waals surface area (Å²) in [4.78, 5) is 13.8. The van der Waals surface area contributed by atoms with Crippen LogP contribution in [0.4, 0.5) is 0 Å². The number of likely N-dealkylation sites (N-methyl/N-ethyl adjacent to an activating group) is 1. The van der Waals surface area contributed by atoms with E-state index in [1.165, 1.54) is 7.11 Å². The summed E-state index contributed by atoms with van der Waals surface area (Å²) in [5, 5.41) is 0. The number of hydrogen-bond donors (Lipinski definition) is 1. The predicted molar refractivity (Wildman–Crippen MR) is 65.7 cm³/mol. The van der Waals surface area contributed by atoms with Crippen LogP contribution in [0.1, 0.15) is 26.2 Å². The molecule has 0 radical (unpaired) electrons. The van der Waals surface area contributed by atoms with Crippen LogP contribution in [0.2, 0.25) is 0 Å². The van der Waals surface area contributed by atoms with E-state index in [0.29, 0.717) is 31.5 Å². The van der Waals surface area contributed by atoms with Gasteiger partial charge >= 0.3 is 5.97 Å². The van der Waals surface area contributed by atoms with Gasteiger partial charge in [-0.15, -0.1) is 0 Å². The van der Waals surface area contributed by atoms with Crippen molar-refractivity contribution in [2.45, 2.75) is 43.8 Å². The average molecular weight is 244 g/mol. The summed E-state index contributed by atoms with van der Waals surface area (Å²) in [5.41, 5.74) is 5.28. The first kappa shape index (κ1) is 14.4. The Kier molecular flexibility index (Phi) is 4.91. The van der Waals surface area contributed by atoms with E-state index in [-0.39, 0.29) is 5.97 Å². The highest BCUT2D eigenvalue weighted by Crippen LogP contribution is 2.32. The molecule has 0 heterocycles. The molecule has 1 aliphatic rings. The summed E-state index contributed by atoms with van der Waals surface area (Å²) in [7, 11) is 5.14. The van der Waals surface area contributed by atoms with E-state index < -0.39 is 5.54 Å². The van der Waals surface area contributed by atoms with Gasteiger partial charge in [0, 0.05) is 19.2 Å². The van der Waals surface area contributed by atoms with Crippen molar-refractivity contribution in [3.05, 3.63) is 0 Å². The van der Waals surface area contributed by atoms with Gasteiger partial charge in [-0.2, -0.15) is 0 Å². The van der Waals surface area contributed by atoms with Crippen molar-refractivity contribution in [2.24, 2.45) is 5.73 Å². The molecular formula is C12H24N2O3. The molecule has 0 aliphatic heterocycles. The van der Waals surface area contributed by atoms with Crippen LogP contribution in [-0.4, -0.2) is 56.4 Å². The Morgan fingerprint density at radius 2 is 2.24 bits per heavy atom. The van der Waals surface area contributed by atoms with Gasteiger partial charge < -0.3 is 15.2 Å². The molecule has 100 valence electrons. The van der Waals surface area contributed by atoms with Crippen molar-refractivity contribution in [2.75, 3.05) is 27.9 Å². The van der Waals surface area contributed by atoms with Crippen LogP contribution >= 0.6 is 0 Å². The third-order valence-electron chi connectivity index (χ3n) is 3.79. The van der Waals surface area contributed by atoms with Gasteiger partial charge in [-0.25, -0.2) is 0 Å². The molecule has 1 saturated carbocycles. The van der Waals surface area contributed by atoms with E-state index in [9.17, 15) is 4.79 Å². The topological polar surface area (TPSA) is 64.8 Å². The second kappa shape index (κ2) is 5.80. The van der Waals surface area contributed by atoms with E-state index in [0.717, 1.165) is 6.42 Å². The van der Waals surface area contributed by atoms with Crippen molar-refractivity contribution < 1.29 is 14.3 Å². The number of hydrogen-bond acceptors (Lipinski definition) is 5. The van der Waals surface area contributed by atoms with Crippen LogP contribution in [0.3, 0.4) is 0 Å². The van der Waals surface area contributed by atoms with Crippen molar-refractivity contribution in [3.8, 4) is 0 Å². The highest BCUT2D eigenvalue weighted by atomic mass is 16.5. The van der Waals surface area contributed by atoms with Crippen molar-refractivity contribution in [1.29, 1.82) is 0 Å². The fraction of sp³-hybridized carbons (Fsp3) is 0.917. The zero-order chi connectivity index (χ0) is 13.1. The van der Waals surface area contributed by atoms with Crippen LogP contribution in [0.15, 0.2) is 0 Å². The lowest BCUT2D eigenvalue weighted by molar-refractivity contribution is -0.147. The summed E-state index contributed by atoms with van der Waals surface area (Å²) in [6, 6.07) is 0.647.